The number of anilines is 1. The lowest BCUT2D eigenvalue weighted by molar-refractivity contribution is -0.122. The summed E-state index contributed by atoms with van der Waals surface area (Å²) < 4.78 is 14.3. The largest absolute Gasteiger partial charge is 0.302 e. The van der Waals surface area contributed by atoms with Crippen molar-refractivity contribution in [1.29, 1.82) is 0 Å². The van der Waals surface area contributed by atoms with Crippen molar-refractivity contribution in [3.05, 3.63) is 52.1 Å². The predicted octanol–water partition coefficient (Wildman–Crippen LogP) is 4.68. The monoisotopic (exact) mass is 435 g/mol. The first-order valence-electron chi connectivity index (χ1n) is 8.74. The number of carbonyl (C=O) groups excluding carboxylic acids is 2. The lowest BCUT2D eigenvalue weighted by atomic mass is 10.1. The van der Waals surface area contributed by atoms with E-state index < -0.39 is 0 Å². The van der Waals surface area contributed by atoms with Crippen molar-refractivity contribution in [1.82, 2.24) is 9.88 Å². The van der Waals surface area contributed by atoms with Crippen LogP contribution < -0.4 is 5.32 Å². The van der Waals surface area contributed by atoms with Crippen LogP contribution in [0.3, 0.4) is 0 Å². The second kappa shape index (κ2) is 9.90. The van der Waals surface area contributed by atoms with E-state index in [2.05, 4.69) is 10.3 Å². The van der Waals surface area contributed by atoms with Gasteiger partial charge in [-0.25, -0.2) is 9.37 Å². The molecule has 1 fully saturated rings. The highest BCUT2D eigenvalue weighted by Gasteiger charge is 2.31. The minimum absolute atomic E-state index is 0.0617. The van der Waals surface area contributed by atoms with Gasteiger partial charge in [-0.3, -0.25) is 14.5 Å². The second-order valence-corrected chi connectivity index (χ2v) is 8.62. The van der Waals surface area contributed by atoms with Gasteiger partial charge in [0.2, 0.25) is 5.91 Å². The molecule has 2 heterocycles. The molecule has 0 saturated carbocycles. The van der Waals surface area contributed by atoms with Crippen LogP contribution in [0.4, 0.5) is 9.52 Å². The molecule has 0 spiro atoms. The average molecular weight is 436 g/mol. The van der Waals surface area contributed by atoms with E-state index in [1.165, 1.54) is 35.2 Å². The Morgan fingerprint density at radius 3 is 2.86 bits per heavy atom. The zero-order valence-electron chi connectivity index (χ0n) is 14.9. The highest BCUT2D eigenvalue weighted by Crippen LogP contribution is 2.33. The molecule has 1 saturated heterocycles. The number of thioether (sulfide) groups is 1. The molecular weight excluding hydrogens is 417 g/mol. The fourth-order valence-electron chi connectivity index (χ4n) is 2.63. The van der Waals surface area contributed by atoms with Gasteiger partial charge >= 0.3 is 0 Å². The predicted molar refractivity (Wildman–Crippen MR) is 115 cm³/mol. The van der Waals surface area contributed by atoms with E-state index in [1.54, 1.807) is 34.7 Å². The molecular formula is C19H18FN3O2S3. The second-order valence-electron chi connectivity index (χ2n) is 6.05. The van der Waals surface area contributed by atoms with Gasteiger partial charge in [0.25, 0.3) is 5.91 Å². The Labute approximate surface area is 176 Å². The number of benzene rings is 1. The third kappa shape index (κ3) is 5.46. The Hall–Kier alpha value is -2.10. The maximum absolute atomic E-state index is 13.8. The zero-order chi connectivity index (χ0) is 19.9. The summed E-state index contributed by atoms with van der Waals surface area (Å²) in [5.74, 6) is -0.628. The number of carbonyl (C=O) groups is 2. The molecule has 0 radical (unpaired) electrons. The number of halogens is 1. The van der Waals surface area contributed by atoms with Gasteiger partial charge in [0.15, 0.2) is 5.13 Å². The topological polar surface area (TPSA) is 62.3 Å². The summed E-state index contributed by atoms with van der Waals surface area (Å²) in [5.41, 5.74) is 0.370. The van der Waals surface area contributed by atoms with Crippen LogP contribution in [0.25, 0.3) is 6.08 Å². The van der Waals surface area contributed by atoms with E-state index in [9.17, 15) is 14.0 Å². The van der Waals surface area contributed by atoms with Gasteiger partial charge in [-0.2, -0.15) is 0 Å². The molecule has 1 aromatic heterocycles. The van der Waals surface area contributed by atoms with Gasteiger partial charge < -0.3 is 5.32 Å². The number of amides is 2. The summed E-state index contributed by atoms with van der Waals surface area (Å²) >= 11 is 7.86. The molecule has 2 amide bonds. The van der Waals surface area contributed by atoms with E-state index in [1.807, 2.05) is 0 Å². The van der Waals surface area contributed by atoms with Crippen molar-refractivity contribution in [3.63, 3.8) is 0 Å². The van der Waals surface area contributed by atoms with Crippen LogP contribution in [0.1, 0.15) is 31.2 Å². The lowest BCUT2D eigenvalue weighted by Gasteiger charge is -2.14. The first-order chi connectivity index (χ1) is 13.5. The normalized spacial score (nSPS) is 15.5. The van der Waals surface area contributed by atoms with Crippen LogP contribution in [0.5, 0.6) is 0 Å². The molecule has 1 aliphatic heterocycles. The van der Waals surface area contributed by atoms with E-state index >= 15 is 0 Å². The summed E-state index contributed by atoms with van der Waals surface area (Å²) in [6, 6.07) is 6.31. The summed E-state index contributed by atoms with van der Waals surface area (Å²) in [6.45, 7) is 0.493. The van der Waals surface area contributed by atoms with Gasteiger partial charge in [-0.1, -0.05) is 48.6 Å². The number of thiazole rings is 1. The highest BCUT2D eigenvalue weighted by molar-refractivity contribution is 8.26. The SMILES string of the molecule is O=C(CCCCCN1C(=O)/C(=C/c2ccccc2F)SC1=S)Nc1nccs1. The van der Waals surface area contributed by atoms with Gasteiger partial charge in [-0.15, -0.1) is 11.3 Å². The highest BCUT2D eigenvalue weighted by atomic mass is 32.2. The number of unbranched alkanes of at least 4 members (excludes halogenated alkanes) is 2. The third-order valence-corrected chi connectivity index (χ3v) is 6.10. The number of nitrogens with zero attached hydrogens (tertiary/aromatic N) is 2. The first-order valence-corrected chi connectivity index (χ1v) is 10.8. The number of hydrogen-bond acceptors (Lipinski definition) is 6. The van der Waals surface area contributed by atoms with Crippen LogP contribution in [0.15, 0.2) is 40.7 Å². The molecule has 1 aromatic carbocycles. The van der Waals surface area contributed by atoms with Crippen molar-refractivity contribution in [2.75, 3.05) is 11.9 Å². The Bertz CT molecular complexity index is 900. The van der Waals surface area contributed by atoms with Gasteiger partial charge in [0, 0.05) is 30.1 Å². The molecule has 2 aromatic rings. The number of aromatic nitrogens is 1. The average Bonchev–Trinajstić information content (AvgIpc) is 3.26. The molecule has 1 aliphatic rings. The Morgan fingerprint density at radius 2 is 2.11 bits per heavy atom. The maximum Gasteiger partial charge on any atom is 0.266 e. The molecule has 3 rings (SSSR count). The Morgan fingerprint density at radius 1 is 1.29 bits per heavy atom. The number of thiocarbonyl (C=S) groups is 1. The number of rotatable bonds is 8. The van der Waals surface area contributed by atoms with Crippen molar-refractivity contribution >= 4 is 62.7 Å². The smallest absolute Gasteiger partial charge is 0.266 e. The van der Waals surface area contributed by atoms with Crippen molar-refractivity contribution in [2.24, 2.45) is 0 Å². The van der Waals surface area contributed by atoms with E-state index in [4.69, 9.17) is 12.2 Å². The van der Waals surface area contributed by atoms with E-state index in [-0.39, 0.29) is 17.6 Å². The summed E-state index contributed by atoms with van der Waals surface area (Å²) in [6.07, 6.45) is 5.85. The van der Waals surface area contributed by atoms with Crippen LogP contribution in [-0.2, 0) is 9.59 Å². The van der Waals surface area contributed by atoms with Crippen LogP contribution in [-0.4, -0.2) is 32.6 Å². The molecule has 28 heavy (non-hydrogen) atoms. The van der Waals surface area contributed by atoms with Crippen LogP contribution in [0.2, 0.25) is 0 Å². The molecule has 5 nitrogen and oxygen atoms in total. The zero-order valence-corrected chi connectivity index (χ0v) is 17.3. The minimum atomic E-state index is -0.371. The molecule has 0 atom stereocenters. The molecule has 146 valence electrons. The molecule has 0 bridgehead atoms. The van der Waals surface area contributed by atoms with Crippen LogP contribution in [0, 0.1) is 5.82 Å². The van der Waals surface area contributed by atoms with Gasteiger partial charge in [0.1, 0.15) is 10.1 Å². The van der Waals surface area contributed by atoms with Crippen molar-refractivity contribution < 1.29 is 14.0 Å². The van der Waals surface area contributed by atoms with E-state index in [0.29, 0.717) is 32.9 Å². The molecule has 1 N–H and O–H groups in total. The van der Waals surface area contributed by atoms with Gasteiger partial charge in [0.05, 0.1) is 4.91 Å². The molecule has 9 heteroatoms. The van der Waals surface area contributed by atoms with Crippen molar-refractivity contribution in [2.45, 2.75) is 25.7 Å². The summed E-state index contributed by atoms with van der Waals surface area (Å²) in [4.78, 5) is 30.3. The maximum atomic E-state index is 13.8. The van der Waals surface area contributed by atoms with Crippen LogP contribution >= 0.6 is 35.3 Å². The number of nitrogens with one attached hydrogen (secondary N) is 1. The summed E-state index contributed by atoms with van der Waals surface area (Å²) in [5, 5.41) is 5.15. The lowest BCUT2D eigenvalue weighted by Crippen LogP contribution is -2.29. The molecule has 0 aliphatic carbocycles. The molecule has 0 unspecified atom stereocenters. The Kier molecular flexibility index (Phi) is 7.30. The fraction of sp³-hybridized carbons (Fsp3) is 0.263. The standard InChI is InChI=1S/C19H18FN3O2S3/c20-14-7-4-3-6-13(14)12-15-17(25)23(19(26)28-15)10-5-1-2-8-16(24)22-18-21-9-11-27-18/h3-4,6-7,9,11-12H,1-2,5,8,10H2,(H,21,22,24)/b15-12-. The third-order valence-electron chi connectivity index (χ3n) is 4.03. The van der Waals surface area contributed by atoms with E-state index in [0.717, 1.165) is 19.3 Å². The quantitative estimate of drug-likeness (QED) is 0.371. The minimum Gasteiger partial charge on any atom is -0.302 e. The van der Waals surface area contributed by atoms with Gasteiger partial charge in [-0.05, 0) is 25.0 Å². The summed E-state index contributed by atoms with van der Waals surface area (Å²) in [7, 11) is 0. The first kappa shape index (κ1) is 20.6. The van der Waals surface area contributed by atoms with Crippen molar-refractivity contribution in [3.8, 4) is 0 Å². The Balaban J connectivity index is 1.43. The fourth-order valence-corrected chi connectivity index (χ4v) is 4.47. The number of hydrogen-bond donors (Lipinski definition) is 1.